The predicted molar refractivity (Wildman–Crippen MR) is 203 cm³/mol. The first kappa shape index (κ1) is 28.0. The van der Waals surface area contributed by atoms with Crippen LogP contribution in [0.4, 0.5) is 0 Å². The third kappa shape index (κ3) is 3.95. The molecule has 0 radical (unpaired) electrons. The first-order valence-corrected chi connectivity index (χ1v) is 17.1. The number of para-hydroxylation sites is 2. The summed E-state index contributed by atoms with van der Waals surface area (Å²) in [6.45, 7) is 4.75. The monoisotopic (exact) mass is 627 g/mol. The molecule has 0 fully saturated rings. The first-order chi connectivity index (χ1) is 24.0. The molecule has 49 heavy (non-hydrogen) atoms. The Kier molecular flexibility index (Phi) is 5.82. The maximum Gasteiger partial charge on any atom is 0.0991 e. The highest BCUT2D eigenvalue weighted by Crippen LogP contribution is 2.54. The fraction of sp³-hybridized carbons (Fsp3) is 0.109. The second kappa shape index (κ2) is 10.2. The Hall–Kier alpha value is -6.11. The van der Waals surface area contributed by atoms with Crippen LogP contribution < -0.4 is 0 Å². The molecule has 0 bridgehead atoms. The van der Waals surface area contributed by atoms with Crippen molar-refractivity contribution in [2.45, 2.75) is 31.6 Å². The zero-order valence-corrected chi connectivity index (χ0v) is 27.5. The van der Waals surface area contributed by atoms with E-state index >= 15 is 0 Å². The van der Waals surface area contributed by atoms with E-state index in [4.69, 9.17) is 0 Å². The molecule has 3 nitrogen and oxygen atoms in total. The highest BCUT2D eigenvalue weighted by molar-refractivity contribution is 6.13. The molecule has 232 valence electrons. The van der Waals surface area contributed by atoms with Crippen LogP contribution in [0, 0.1) is 11.3 Å². The van der Waals surface area contributed by atoms with Gasteiger partial charge in [0.2, 0.25) is 0 Å². The van der Waals surface area contributed by atoms with Crippen molar-refractivity contribution in [1.82, 2.24) is 9.13 Å². The number of rotatable bonds is 3. The van der Waals surface area contributed by atoms with E-state index in [1.807, 2.05) is 24.3 Å². The summed E-state index contributed by atoms with van der Waals surface area (Å²) < 4.78 is 4.80. The number of fused-ring (bicyclic) bond motifs is 9. The fourth-order valence-corrected chi connectivity index (χ4v) is 8.88. The molecule has 2 heterocycles. The molecular formula is C46H33N3. The van der Waals surface area contributed by atoms with Crippen LogP contribution in [0.2, 0.25) is 0 Å². The van der Waals surface area contributed by atoms with Gasteiger partial charge < -0.3 is 9.13 Å². The van der Waals surface area contributed by atoms with Gasteiger partial charge in [-0.15, -0.1) is 0 Å². The molecule has 0 spiro atoms. The van der Waals surface area contributed by atoms with Crippen molar-refractivity contribution in [2.24, 2.45) is 0 Å². The van der Waals surface area contributed by atoms with Gasteiger partial charge in [-0.25, -0.2) is 0 Å². The molecule has 0 saturated carbocycles. The average molecular weight is 628 g/mol. The number of allylic oxidation sites excluding steroid dienone is 4. The van der Waals surface area contributed by atoms with E-state index in [0.29, 0.717) is 11.5 Å². The third-order valence-electron chi connectivity index (χ3n) is 11.2. The second-order valence-corrected chi connectivity index (χ2v) is 14.1. The molecule has 2 aliphatic carbocycles. The van der Waals surface area contributed by atoms with Gasteiger partial charge in [-0.3, -0.25) is 0 Å². The lowest BCUT2D eigenvalue weighted by molar-refractivity contribution is 0.612. The maximum atomic E-state index is 9.35. The number of aromatic nitrogens is 2. The number of hydrogen-bond donors (Lipinski definition) is 0. The van der Waals surface area contributed by atoms with Crippen LogP contribution in [0.5, 0.6) is 0 Å². The van der Waals surface area contributed by atoms with Crippen molar-refractivity contribution < 1.29 is 0 Å². The number of nitrogens with zero attached hydrogens (tertiary/aromatic N) is 3. The molecule has 0 aliphatic heterocycles. The molecule has 10 rings (SSSR count). The normalized spacial score (nSPS) is 16.5. The minimum atomic E-state index is 0.0500. The molecule has 0 amide bonds. The van der Waals surface area contributed by atoms with E-state index in [-0.39, 0.29) is 5.41 Å². The highest BCUT2D eigenvalue weighted by atomic mass is 15.0. The maximum absolute atomic E-state index is 9.35. The molecule has 0 N–H and O–H groups in total. The zero-order chi connectivity index (χ0) is 32.9. The number of nitriles is 1. The highest BCUT2D eigenvalue weighted by Gasteiger charge is 2.42. The summed E-state index contributed by atoms with van der Waals surface area (Å²) in [4.78, 5) is 0. The molecule has 3 heteroatoms. The molecule has 1 atom stereocenters. The van der Waals surface area contributed by atoms with Gasteiger partial charge in [0.05, 0.1) is 33.7 Å². The Labute approximate surface area is 285 Å². The van der Waals surface area contributed by atoms with Crippen LogP contribution in [0.25, 0.3) is 66.1 Å². The van der Waals surface area contributed by atoms with E-state index in [1.54, 1.807) is 0 Å². The zero-order valence-electron chi connectivity index (χ0n) is 27.5. The van der Waals surface area contributed by atoms with Crippen LogP contribution in [-0.2, 0) is 5.41 Å². The molecule has 0 saturated heterocycles. The van der Waals surface area contributed by atoms with Crippen molar-refractivity contribution >= 4 is 49.3 Å². The quantitative estimate of drug-likeness (QED) is 0.192. The summed E-state index contributed by atoms with van der Waals surface area (Å²) >= 11 is 0. The number of benzene rings is 6. The predicted octanol–water partition coefficient (Wildman–Crippen LogP) is 11.7. The smallest absolute Gasteiger partial charge is 0.0991 e. The Morgan fingerprint density at radius 2 is 1.16 bits per heavy atom. The Bertz CT molecular complexity index is 2770. The van der Waals surface area contributed by atoms with E-state index in [1.165, 1.54) is 66.1 Å². The standard InChI is InChI=1S/C46H33N3/c1-46(2)40-12-6-3-9-34(40)37-27-33(21-22-41(37)46)49-43-14-8-5-11-36(43)39-26-31(18-24-45(39)49)30-17-23-44-38(25-30)35-10-4-7-13-42(35)48(44)32-19-15-29(28-47)16-20-32/h3-26,37H,27H2,1-2H3. The minimum Gasteiger partial charge on any atom is -0.313 e. The summed E-state index contributed by atoms with van der Waals surface area (Å²) in [6, 6.07) is 50.4. The van der Waals surface area contributed by atoms with Crippen molar-refractivity contribution in [2.75, 3.05) is 0 Å². The van der Waals surface area contributed by atoms with Gasteiger partial charge in [-0.2, -0.15) is 5.26 Å². The summed E-state index contributed by atoms with van der Waals surface area (Å²) in [5.74, 6) is 0.403. The topological polar surface area (TPSA) is 33.6 Å². The summed E-state index contributed by atoms with van der Waals surface area (Å²) in [5.41, 5.74) is 14.8. The lowest BCUT2D eigenvalue weighted by Crippen LogP contribution is -2.18. The van der Waals surface area contributed by atoms with Gasteiger partial charge in [0, 0.05) is 44.3 Å². The van der Waals surface area contributed by atoms with Crippen LogP contribution in [-0.4, -0.2) is 9.13 Å². The summed E-state index contributed by atoms with van der Waals surface area (Å²) in [5, 5.41) is 14.3. The van der Waals surface area contributed by atoms with Gasteiger partial charge >= 0.3 is 0 Å². The SMILES string of the molecule is CC1(C)C2=CC=C(n3c4ccccc4c4cc(-c5ccc6c(c5)c5ccccc5n6-c5ccc(C#N)cc5)ccc43)CC2c2ccccc21. The Morgan fingerprint density at radius 3 is 1.84 bits per heavy atom. The first-order valence-electron chi connectivity index (χ1n) is 17.1. The van der Waals surface area contributed by atoms with Crippen molar-refractivity contribution in [1.29, 1.82) is 5.26 Å². The number of hydrogen-bond acceptors (Lipinski definition) is 1. The van der Waals surface area contributed by atoms with Crippen LogP contribution >= 0.6 is 0 Å². The summed E-state index contributed by atoms with van der Waals surface area (Å²) in [6.07, 6.45) is 5.76. The summed E-state index contributed by atoms with van der Waals surface area (Å²) in [7, 11) is 0. The van der Waals surface area contributed by atoms with Crippen LogP contribution in [0.15, 0.2) is 151 Å². The second-order valence-electron chi connectivity index (χ2n) is 14.1. The van der Waals surface area contributed by atoms with Crippen molar-refractivity contribution in [3.05, 3.63) is 168 Å². The average Bonchev–Trinajstić information content (AvgIpc) is 3.74. The van der Waals surface area contributed by atoms with E-state index in [2.05, 4.69) is 150 Å². The van der Waals surface area contributed by atoms with Crippen molar-refractivity contribution in [3.8, 4) is 22.9 Å². The van der Waals surface area contributed by atoms with Crippen molar-refractivity contribution in [3.63, 3.8) is 0 Å². The van der Waals surface area contributed by atoms with E-state index in [0.717, 1.165) is 23.1 Å². The molecular weight excluding hydrogens is 595 g/mol. The van der Waals surface area contributed by atoms with E-state index in [9.17, 15) is 5.26 Å². The minimum absolute atomic E-state index is 0.0500. The largest absolute Gasteiger partial charge is 0.313 e. The Balaban J connectivity index is 1.11. The van der Waals surface area contributed by atoms with Crippen LogP contribution in [0.3, 0.4) is 0 Å². The van der Waals surface area contributed by atoms with Gasteiger partial charge in [-0.1, -0.05) is 98.3 Å². The Morgan fingerprint density at radius 1 is 0.592 bits per heavy atom. The molecule has 2 aliphatic rings. The van der Waals surface area contributed by atoms with Gasteiger partial charge in [0.25, 0.3) is 0 Å². The van der Waals surface area contributed by atoms with Gasteiger partial charge in [0.15, 0.2) is 0 Å². The molecule has 6 aromatic carbocycles. The molecule has 8 aromatic rings. The lowest BCUT2D eigenvalue weighted by Gasteiger charge is -2.28. The van der Waals surface area contributed by atoms with E-state index < -0.39 is 0 Å². The molecule has 1 unspecified atom stereocenters. The molecule has 2 aromatic heterocycles. The van der Waals surface area contributed by atoms with Gasteiger partial charge in [-0.05, 0) is 95.4 Å². The van der Waals surface area contributed by atoms with Gasteiger partial charge in [0.1, 0.15) is 0 Å². The third-order valence-corrected chi connectivity index (χ3v) is 11.2. The lowest BCUT2D eigenvalue weighted by atomic mass is 9.78. The van der Waals surface area contributed by atoms with Crippen LogP contribution in [0.1, 0.15) is 42.9 Å². The fourth-order valence-electron chi connectivity index (χ4n) is 8.88.